The average molecular weight is 460 g/mol. The third-order valence-corrected chi connectivity index (χ3v) is 6.87. The molecule has 1 aromatic carbocycles. The monoisotopic (exact) mass is 459 g/mol. The van der Waals surface area contributed by atoms with Crippen LogP contribution >= 0.6 is 11.8 Å². The van der Waals surface area contributed by atoms with E-state index in [1.807, 2.05) is 40.7 Å². The maximum Gasteiger partial charge on any atom is 0.339 e. The van der Waals surface area contributed by atoms with Gasteiger partial charge in [0.25, 0.3) is 0 Å². The van der Waals surface area contributed by atoms with Crippen molar-refractivity contribution < 1.29 is 23.5 Å². The van der Waals surface area contributed by atoms with Crippen LogP contribution in [0.15, 0.2) is 19.7 Å². The third kappa shape index (κ3) is 4.70. The molecule has 0 saturated carbocycles. The van der Waals surface area contributed by atoms with Crippen molar-refractivity contribution in [3.05, 3.63) is 44.5 Å². The molecule has 8 heteroatoms. The second kappa shape index (κ2) is 9.81. The lowest BCUT2D eigenvalue weighted by molar-refractivity contribution is -0.141. The van der Waals surface area contributed by atoms with Crippen LogP contribution in [0.2, 0.25) is 0 Å². The highest BCUT2D eigenvalue weighted by Gasteiger charge is 2.22. The minimum atomic E-state index is -1.05. The Kier molecular flexibility index (Phi) is 7.33. The molecule has 3 aromatic rings. The lowest BCUT2D eigenvalue weighted by atomic mass is 9.98. The summed E-state index contributed by atoms with van der Waals surface area (Å²) in [5.41, 5.74) is 3.72. The number of furan rings is 1. The highest BCUT2D eigenvalue weighted by Crippen LogP contribution is 2.34. The van der Waals surface area contributed by atoms with Crippen molar-refractivity contribution in [3.8, 4) is 0 Å². The van der Waals surface area contributed by atoms with E-state index in [-0.39, 0.29) is 12.8 Å². The molecule has 172 valence electrons. The van der Waals surface area contributed by atoms with Crippen LogP contribution in [0.3, 0.4) is 0 Å². The summed E-state index contributed by atoms with van der Waals surface area (Å²) in [7, 11) is 0. The van der Waals surface area contributed by atoms with E-state index >= 15 is 0 Å². The summed E-state index contributed by atoms with van der Waals surface area (Å²) in [5, 5.41) is 13.7. The summed E-state index contributed by atoms with van der Waals surface area (Å²) in [6.45, 7) is 9.60. The first kappa shape index (κ1) is 23.9. The molecule has 7 nitrogen and oxygen atoms in total. The molecule has 1 amide bonds. The molecule has 2 aromatic heterocycles. The number of carbonyl (C=O) groups is 2. The van der Waals surface area contributed by atoms with E-state index in [4.69, 9.17) is 8.83 Å². The number of amides is 1. The lowest BCUT2D eigenvalue weighted by Crippen LogP contribution is -2.41. The first-order valence-corrected chi connectivity index (χ1v) is 11.9. The fourth-order valence-corrected chi connectivity index (χ4v) is 4.58. The minimum absolute atomic E-state index is 0.00683. The van der Waals surface area contributed by atoms with Gasteiger partial charge >= 0.3 is 11.6 Å². The van der Waals surface area contributed by atoms with Gasteiger partial charge in [-0.15, -0.1) is 0 Å². The number of fused-ring (bicyclic) bond motifs is 2. The standard InChI is InChI=1S/C24H29NO6S/c1-6-32-10-9-19(23(27)28)25-20(26)8-7-16-13(3)18-11-17-12(2)15(5)30-21(17)14(4)22(18)31-24(16)29/h11,19H,6-10H2,1-5H3,(H,25,26)(H,27,28)/t19-/m1/s1. The van der Waals surface area contributed by atoms with Crippen LogP contribution in [0.5, 0.6) is 0 Å². The zero-order chi connectivity index (χ0) is 23.6. The molecule has 0 spiro atoms. The Morgan fingerprint density at radius 3 is 2.38 bits per heavy atom. The Morgan fingerprint density at radius 2 is 1.72 bits per heavy atom. The predicted molar refractivity (Wildman–Crippen MR) is 127 cm³/mol. The second-order valence-electron chi connectivity index (χ2n) is 7.98. The van der Waals surface area contributed by atoms with Crippen molar-refractivity contribution in [2.75, 3.05) is 11.5 Å². The molecule has 2 N–H and O–H groups in total. The maximum absolute atomic E-state index is 12.7. The predicted octanol–water partition coefficient (Wildman–Crippen LogP) is 4.42. The largest absolute Gasteiger partial charge is 0.480 e. The molecule has 0 aliphatic carbocycles. The number of carboxylic acid groups (broad SMARTS) is 1. The molecule has 0 aliphatic rings. The topological polar surface area (TPSA) is 110 Å². The molecule has 32 heavy (non-hydrogen) atoms. The number of rotatable bonds is 9. The van der Waals surface area contributed by atoms with Crippen molar-refractivity contribution in [1.82, 2.24) is 5.32 Å². The molecule has 0 aliphatic heterocycles. The van der Waals surface area contributed by atoms with Crippen LogP contribution in [0.1, 0.15) is 47.8 Å². The van der Waals surface area contributed by atoms with E-state index in [0.717, 1.165) is 39.0 Å². The fraction of sp³-hybridized carbons (Fsp3) is 0.458. The molecule has 0 bridgehead atoms. The van der Waals surface area contributed by atoms with Gasteiger partial charge in [-0.25, -0.2) is 9.59 Å². The number of aliphatic carboxylic acids is 1. The summed E-state index contributed by atoms with van der Waals surface area (Å²) in [6, 6.07) is 1.04. The number of carboxylic acids is 1. The molecular weight excluding hydrogens is 430 g/mol. The minimum Gasteiger partial charge on any atom is -0.480 e. The van der Waals surface area contributed by atoms with Gasteiger partial charge in [-0.05, 0) is 69.2 Å². The molecule has 0 saturated heterocycles. The van der Waals surface area contributed by atoms with Crippen LogP contribution < -0.4 is 10.9 Å². The van der Waals surface area contributed by atoms with Gasteiger partial charge < -0.3 is 19.3 Å². The SMILES string of the molecule is CCSCC[C@@H](NC(=O)CCc1c(C)c2cc3c(C)c(C)oc3c(C)c2oc1=O)C(=O)O. The van der Waals surface area contributed by atoms with Gasteiger partial charge in [0.15, 0.2) is 0 Å². The number of hydrogen-bond donors (Lipinski definition) is 2. The number of benzene rings is 1. The summed E-state index contributed by atoms with van der Waals surface area (Å²) in [6.07, 6.45) is 0.537. The van der Waals surface area contributed by atoms with E-state index in [1.54, 1.807) is 11.8 Å². The van der Waals surface area contributed by atoms with Gasteiger partial charge in [0, 0.05) is 28.3 Å². The van der Waals surface area contributed by atoms with Crippen molar-refractivity contribution in [3.63, 3.8) is 0 Å². The Bertz CT molecular complexity index is 1240. The summed E-state index contributed by atoms with van der Waals surface area (Å²) in [4.78, 5) is 36.5. The molecule has 0 radical (unpaired) electrons. The second-order valence-corrected chi connectivity index (χ2v) is 9.37. The van der Waals surface area contributed by atoms with E-state index in [9.17, 15) is 19.5 Å². The highest BCUT2D eigenvalue weighted by atomic mass is 32.2. The molecular formula is C24H29NO6S. The summed E-state index contributed by atoms with van der Waals surface area (Å²) < 4.78 is 11.5. The normalized spacial score (nSPS) is 12.4. The number of aryl methyl sites for hydroxylation is 4. The van der Waals surface area contributed by atoms with E-state index in [0.29, 0.717) is 28.9 Å². The summed E-state index contributed by atoms with van der Waals surface area (Å²) in [5.74, 6) is 0.913. The lowest BCUT2D eigenvalue weighted by Gasteiger charge is -2.14. The van der Waals surface area contributed by atoms with E-state index in [1.165, 1.54) is 0 Å². The van der Waals surface area contributed by atoms with Crippen molar-refractivity contribution in [1.29, 1.82) is 0 Å². The van der Waals surface area contributed by atoms with Gasteiger partial charge in [-0.1, -0.05) is 6.92 Å². The number of nitrogens with one attached hydrogen (secondary N) is 1. The van der Waals surface area contributed by atoms with Gasteiger partial charge in [-0.3, -0.25) is 4.79 Å². The first-order chi connectivity index (χ1) is 15.1. The number of thioether (sulfide) groups is 1. The molecule has 0 unspecified atom stereocenters. The van der Waals surface area contributed by atoms with Crippen molar-refractivity contribution in [2.45, 2.75) is 59.9 Å². The van der Waals surface area contributed by atoms with Crippen molar-refractivity contribution in [2.24, 2.45) is 0 Å². The average Bonchev–Trinajstić information content (AvgIpc) is 3.02. The number of carbonyl (C=O) groups excluding carboxylic acids is 1. The number of hydrogen-bond acceptors (Lipinski definition) is 6. The molecule has 2 heterocycles. The smallest absolute Gasteiger partial charge is 0.339 e. The van der Waals surface area contributed by atoms with Gasteiger partial charge in [0.1, 0.15) is 23.0 Å². The van der Waals surface area contributed by atoms with E-state index < -0.39 is 23.5 Å². The first-order valence-electron chi connectivity index (χ1n) is 10.7. The molecule has 0 fully saturated rings. The van der Waals surface area contributed by atoms with Crippen LogP contribution in [0, 0.1) is 27.7 Å². The zero-order valence-corrected chi connectivity index (χ0v) is 19.9. The van der Waals surface area contributed by atoms with Crippen LogP contribution in [0.4, 0.5) is 0 Å². The van der Waals surface area contributed by atoms with Crippen LogP contribution in [-0.2, 0) is 16.0 Å². The van der Waals surface area contributed by atoms with Crippen molar-refractivity contribution >= 4 is 45.6 Å². The Morgan fingerprint density at radius 1 is 1.06 bits per heavy atom. The van der Waals surface area contributed by atoms with Crippen LogP contribution in [0.25, 0.3) is 21.9 Å². The maximum atomic E-state index is 12.7. The zero-order valence-electron chi connectivity index (χ0n) is 19.1. The molecule has 3 rings (SSSR count). The van der Waals surface area contributed by atoms with E-state index in [2.05, 4.69) is 5.32 Å². The molecule has 1 atom stereocenters. The quantitative estimate of drug-likeness (QED) is 0.360. The van der Waals surface area contributed by atoms with Gasteiger partial charge in [-0.2, -0.15) is 11.8 Å². The highest BCUT2D eigenvalue weighted by molar-refractivity contribution is 7.99. The Labute approximate surface area is 190 Å². The Balaban J connectivity index is 1.85. The van der Waals surface area contributed by atoms with Gasteiger partial charge in [0.05, 0.1) is 0 Å². The third-order valence-electron chi connectivity index (χ3n) is 5.93. The van der Waals surface area contributed by atoms with Crippen LogP contribution in [-0.4, -0.2) is 34.5 Å². The Hall–Kier alpha value is -2.74. The summed E-state index contributed by atoms with van der Waals surface area (Å²) >= 11 is 1.63. The fourth-order valence-electron chi connectivity index (χ4n) is 3.89. The van der Waals surface area contributed by atoms with Gasteiger partial charge in [0.2, 0.25) is 5.91 Å².